The third-order valence-electron chi connectivity index (χ3n) is 7.38. The Kier molecular flexibility index (Phi) is 9.58. The van der Waals surface area contributed by atoms with E-state index in [-0.39, 0.29) is 23.8 Å². The zero-order chi connectivity index (χ0) is 33.1. The van der Waals surface area contributed by atoms with Crippen molar-refractivity contribution in [2.75, 3.05) is 13.7 Å². The molecule has 0 N–H and O–H groups in total. The Bertz CT molecular complexity index is 2180. The number of esters is 1. The Hall–Kier alpha value is -4.70. The van der Waals surface area contributed by atoms with Gasteiger partial charge in [0.05, 0.1) is 40.6 Å². The molecule has 1 aliphatic heterocycles. The van der Waals surface area contributed by atoms with Gasteiger partial charge in [-0.1, -0.05) is 89.1 Å². The quantitative estimate of drug-likeness (QED) is 0.156. The molecule has 0 saturated heterocycles. The number of benzene rings is 4. The second-order valence-electron chi connectivity index (χ2n) is 10.4. The van der Waals surface area contributed by atoms with Crippen LogP contribution in [0.4, 0.5) is 4.39 Å². The number of ether oxygens (including phenoxy) is 3. The second kappa shape index (κ2) is 14.0. The Labute approximate surface area is 283 Å². The van der Waals surface area contributed by atoms with Crippen molar-refractivity contribution in [3.05, 3.63) is 154 Å². The summed E-state index contributed by atoms with van der Waals surface area (Å²) >= 11 is 13.9. The maximum absolute atomic E-state index is 14.2. The Morgan fingerprint density at radius 3 is 2.49 bits per heavy atom. The second-order valence-corrected chi connectivity index (χ2v) is 12.3. The zero-order valence-electron chi connectivity index (χ0n) is 25.2. The van der Waals surface area contributed by atoms with Crippen molar-refractivity contribution in [3.63, 3.8) is 0 Å². The fourth-order valence-corrected chi connectivity index (χ4v) is 6.79. The van der Waals surface area contributed by atoms with E-state index in [1.54, 1.807) is 49.4 Å². The van der Waals surface area contributed by atoms with Gasteiger partial charge in [-0.3, -0.25) is 9.36 Å². The summed E-state index contributed by atoms with van der Waals surface area (Å²) in [5.41, 5.74) is 2.79. The van der Waals surface area contributed by atoms with Crippen LogP contribution in [0.5, 0.6) is 11.5 Å². The summed E-state index contributed by atoms with van der Waals surface area (Å²) in [5, 5.41) is 0.874. The molecule has 0 saturated carbocycles. The molecule has 2 heterocycles. The van der Waals surface area contributed by atoms with Gasteiger partial charge >= 0.3 is 5.97 Å². The first-order valence-electron chi connectivity index (χ1n) is 14.6. The van der Waals surface area contributed by atoms with Gasteiger partial charge in [0.2, 0.25) is 0 Å². The van der Waals surface area contributed by atoms with Crippen LogP contribution < -0.4 is 24.4 Å². The maximum atomic E-state index is 14.2. The lowest BCUT2D eigenvalue weighted by atomic mass is 9.93. The SMILES string of the molecule is CCOC(=O)C1=C(c2ccccc2)N=c2s/c(=C\c3cc(Cl)c(OCc4cccc(Cl)c4)c(OC)c3)c(=O)n2[C@@H]1c1ccc(F)cc1. The number of hydrogen-bond donors (Lipinski definition) is 0. The fourth-order valence-electron chi connectivity index (χ4n) is 5.30. The van der Waals surface area contributed by atoms with Gasteiger partial charge in [0.15, 0.2) is 16.3 Å². The highest BCUT2D eigenvalue weighted by molar-refractivity contribution is 7.07. The first-order valence-corrected chi connectivity index (χ1v) is 16.1. The van der Waals surface area contributed by atoms with E-state index in [9.17, 15) is 14.0 Å². The number of methoxy groups -OCH3 is 1. The standard InChI is InChI=1S/C36H27Cl2FN2O5S/c1-3-45-35(43)30-31(23-9-5-4-6-10-23)40-36-41(32(30)24-12-14-26(39)15-13-24)34(42)29(47-36)19-22-17-27(38)33(28(18-22)44-2)46-20-21-8-7-11-25(37)16-21/h4-19,32H,3,20H2,1-2H3/b29-19-/t32-/m1/s1. The van der Waals surface area contributed by atoms with Crippen LogP contribution in [0.2, 0.25) is 10.0 Å². The molecule has 7 nitrogen and oxygen atoms in total. The van der Waals surface area contributed by atoms with E-state index in [4.69, 9.17) is 42.4 Å². The lowest BCUT2D eigenvalue weighted by molar-refractivity contribution is -0.138. The average molecular weight is 690 g/mol. The number of carbonyl (C=O) groups is 1. The van der Waals surface area contributed by atoms with Crippen LogP contribution in [0.3, 0.4) is 0 Å². The summed E-state index contributed by atoms with van der Waals surface area (Å²) in [5.74, 6) is -0.352. The van der Waals surface area contributed by atoms with E-state index in [1.165, 1.54) is 23.8 Å². The van der Waals surface area contributed by atoms with Crippen molar-refractivity contribution in [2.45, 2.75) is 19.6 Å². The number of thiazole rings is 1. The van der Waals surface area contributed by atoms with Gasteiger partial charge in [0.25, 0.3) is 5.56 Å². The monoisotopic (exact) mass is 688 g/mol. The molecule has 4 aromatic carbocycles. The molecule has 238 valence electrons. The third-order valence-corrected chi connectivity index (χ3v) is 8.88. The minimum atomic E-state index is -0.927. The first-order chi connectivity index (χ1) is 22.8. The topological polar surface area (TPSA) is 79.1 Å². The fraction of sp³-hybridized carbons (Fsp3) is 0.139. The number of rotatable bonds is 9. The molecule has 0 bridgehead atoms. The molecule has 11 heteroatoms. The van der Waals surface area contributed by atoms with Crippen LogP contribution >= 0.6 is 34.5 Å². The summed E-state index contributed by atoms with van der Waals surface area (Å²) in [7, 11) is 1.50. The average Bonchev–Trinajstić information content (AvgIpc) is 3.38. The van der Waals surface area contributed by atoms with Crippen molar-refractivity contribution in [1.29, 1.82) is 0 Å². The van der Waals surface area contributed by atoms with Crippen LogP contribution in [0.15, 0.2) is 106 Å². The lowest BCUT2D eigenvalue weighted by Gasteiger charge is -2.25. The molecule has 5 aromatic rings. The van der Waals surface area contributed by atoms with Crippen molar-refractivity contribution in [2.24, 2.45) is 4.99 Å². The minimum Gasteiger partial charge on any atom is -0.493 e. The van der Waals surface area contributed by atoms with Crippen LogP contribution in [-0.2, 0) is 16.1 Å². The Morgan fingerprint density at radius 2 is 1.79 bits per heavy atom. The number of hydrogen-bond acceptors (Lipinski definition) is 7. The molecule has 1 aromatic heterocycles. The van der Waals surface area contributed by atoms with Crippen LogP contribution in [0, 0.1) is 5.82 Å². The number of aromatic nitrogens is 1. The van der Waals surface area contributed by atoms with E-state index in [1.807, 2.05) is 42.5 Å². The van der Waals surface area contributed by atoms with Gasteiger partial charge < -0.3 is 14.2 Å². The molecule has 1 atom stereocenters. The molecule has 47 heavy (non-hydrogen) atoms. The van der Waals surface area contributed by atoms with Crippen molar-refractivity contribution in [3.8, 4) is 11.5 Å². The van der Waals surface area contributed by atoms with E-state index in [0.717, 1.165) is 16.9 Å². The third kappa shape index (κ3) is 6.74. The van der Waals surface area contributed by atoms with Gasteiger partial charge in [0.1, 0.15) is 12.4 Å². The molecule has 1 aliphatic rings. The molecule has 6 rings (SSSR count). The van der Waals surface area contributed by atoms with Crippen LogP contribution in [0.25, 0.3) is 11.8 Å². The van der Waals surface area contributed by atoms with E-state index in [2.05, 4.69) is 0 Å². The molecule has 0 unspecified atom stereocenters. The molecular weight excluding hydrogens is 662 g/mol. The predicted molar refractivity (Wildman–Crippen MR) is 181 cm³/mol. The van der Waals surface area contributed by atoms with E-state index < -0.39 is 23.4 Å². The van der Waals surface area contributed by atoms with Gasteiger partial charge in [-0.25, -0.2) is 14.2 Å². The highest BCUT2D eigenvalue weighted by Crippen LogP contribution is 2.38. The van der Waals surface area contributed by atoms with Gasteiger partial charge in [-0.15, -0.1) is 0 Å². The molecule has 0 radical (unpaired) electrons. The highest BCUT2D eigenvalue weighted by atomic mass is 35.5. The summed E-state index contributed by atoms with van der Waals surface area (Å²) < 4.78 is 32.9. The highest BCUT2D eigenvalue weighted by Gasteiger charge is 2.35. The lowest BCUT2D eigenvalue weighted by Crippen LogP contribution is -2.40. The van der Waals surface area contributed by atoms with Crippen molar-refractivity contribution >= 4 is 52.3 Å². The van der Waals surface area contributed by atoms with Crippen LogP contribution in [0.1, 0.15) is 35.2 Å². The normalized spacial score (nSPS) is 14.4. The molecule has 0 fully saturated rings. The first kappa shape index (κ1) is 32.2. The van der Waals surface area contributed by atoms with E-state index >= 15 is 0 Å². The summed E-state index contributed by atoms with van der Waals surface area (Å²) in [6, 6.07) is 24.6. The zero-order valence-corrected chi connectivity index (χ0v) is 27.5. The van der Waals surface area contributed by atoms with E-state index in [0.29, 0.717) is 48.2 Å². The minimum absolute atomic E-state index is 0.117. The van der Waals surface area contributed by atoms with Gasteiger partial charge in [0, 0.05) is 10.6 Å². The number of halogens is 3. The molecule has 0 amide bonds. The molecular formula is C36H27Cl2FN2O5S. The maximum Gasteiger partial charge on any atom is 0.338 e. The molecule has 0 aliphatic carbocycles. The van der Waals surface area contributed by atoms with Crippen molar-refractivity contribution < 1.29 is 23.4 Å². The van der Waals surface area contributed by atoms with Gasteiger partial charge in [-0.05, 0) is 66.1 Å². The number of carbonyl (C=O) groups excluding carboxylic acids is 1. The Morgan fingerprint density at radius 1 is 1.02 bits per heavy atom. The summed E-state index contributed by atoms with van der Waals surface area (Å²) in [6.45, 7) is 2.03. The van der Waals surface area contributed by atoms with Crippen molar-refractivity contribution in [1.82, 2.24) is 4.57 Å². The Balaban J connectivity index is 1.49. The summed E-state index contributed by atoms with van der Waals surface area (Å²) in [6.07, 6.45) is 1.68. The van der Waals surface area contributed by atoms with Crippen LogP contribution in [-0.4, -0.2) is 24.3 Å². The number of fused-ring (bicyclic) bond motifs is 1. The smallest absolute Gasteiger partial charge is 0.338 e. The predicted octanol–water partition coefficient (Wildman–Crippen LogP) is 6.97. The largest absolute Gasteiger partial charge is 0.493 e. The summed E-state index contributed by atoms with van der Waals surface area (Å²) in [4.78, 5) is 32.9. The number of nitrogens with zero attached hydrogens (tertiary/aromatic N) is 2. The van der Waals surface area contributed by atoms with Gasteiger partial charge in [-0.2, -0.15) is 0 Å². The molecule has 0 spiro atoms.